The molecule has 0 aliphatic carbocycles. The second kappa shape index (κ2) is 11.3. The van der Waals surface area contributed by atoms with Gasteiger partial charge in [0.05, 0.1) is 6.61 Å². The lowest BCUT2D eigenvalue weighted by Crippen LogP contribution is -2.49. The number of aromatic nitrogens is 2. The molecular formula is C24H32N4O5S. The molecule has 2 heterocycles. The number of rotatable bonds is 6. The van der Waals surface area contributed by atoms with Gasteiger partial charge in [0, 0.05) is 55.1 Å². The van der Waals surface area contributed by atoms with E-state index in [-0.39, 0.29) is 35.8 Å². The molecule has 1 aromatic heterocycles. The Morgan fingerprint density at radius 3 is 2.65 bits per heavy atom. The van der Waals surface area contributed by atoms with Crippen LogP contribution in [0.4, 0.5) is 0 Å². The van der Waals surface area contributed by atoms with E-state index in [2.05, 4.69) is 26.7 Å². The van der Waals surface area contributed by atoms with Crippen LogP contribution in [0, 0.1) is 17.8 Å². The van der Waals surface area contributed by atoms with Crippen molar-refractivity contribution < 1.29 is 23.4 Å². The average molecular weight is 489 g/mol. The van der Waals surface area contributed by atoms with E-state index in [9.17, 15) is 18.6 Å². The Hall–Kier alpha value is -2.55. The molecule has 2 N–H and O–H groups in total. The predicted octanol–water partition coefficient (Wildman–Crippen LogP) is 1.11. The predicted molar refractivity (Wildman–Crippen MR) is 127 cm³/mol. The highest BCUT2D eigenvalue weighted by atomic mass is 32.2. The van der Waals surface area contributed by atoms with Crippen molar-refractivity contribution in [3.05, 3.63) is 48.0 Å². The third kappa shape index (κ3) is 6.31. The number of hydrogen-bond acceptors (Lipinski definition) is 8. The lowest BCUT2D eigenvalue weighted by Gasteiger charge is -2.37. The zero-order valence-electron chi connectivity index (χ0n) is 19.9. The maximum atomic E-state index is 13.5. The van der Waals surface area contributed by atoms with Gasteiger partial charge in [-0.1, -0.05) is 18.8 Å². The Bertz CT molecular complexity index is 1130. The van der Waals surface area contributed by atoms with Gasteiger partial charge in [0.2, 0.25) is 10.0 Å². The maximum absolute atomic E-state index is 13.5. The molecule has 1 aliphatic rings. The second-order valence-electron chi connectivity index (χ2n) is 8.79. The fourth-order valence-electron chi connectivity index (χ4n) is 3.80. The molecular weight excluding hydrogens is 456 g/mol. The summed E-state index contributed by atoms with van der Waals surface area (Å²) in [5.74, 6) is 5.56. The molecule has 0 amide bonds. The van der Waals surface area contributed by atoms with Crippen molar-refractivity contribution in [1.29, 1.82) is 0 Å². The third-order valence-corrected chi connectivity index (χ3v) is 7.67. The molecule has 184 valence electrons. The van der Waals surface area contributed by atoms with E-state index in [0.717, 1.165) is 5.56 Å². The summed E-state index contributed by atoms with van der Waals surface area (Å²) in [4.78, 5) is 10.2. The van der Waals surface area contributed by atoms with E-state index >= 15 is 0 Å². The second-order valence-corrected chi connectivity index (χ2v) is 10.6. The van der Waals surface area contributed by atoms with Gasteiger partial charge in [0.1, 0.15) is 29.2 Å². The normalized spacial score (nSPS) is 21.9. The first-order chi connectivity index (χ1) is 16.1. The van der Waals surface area contributed by atoms with E-state index in [1.165, 1.54) is 16.7 Å². The SMILES string of the molecule is C[C@H](O)C#Cc1ccc2c(c1)O[C@H](CN(C)Cc1cncnc1)[C@@H](C)CN([C@@H](C)CO)S2(=O)=O. The van der Waals surface area contributed by atoms with Crippen molar-refractivity contribution in [3.8, 4) is 17.6 Å². The van der Waals surface area contributed by atoms with Crippen LogP contribution in [0.2, 0.25) is 0 Å². The zero-order chi connectivity index (χ0) is 24.9. The third-order valence-electron chi connectivity index (χ3n) is 5.65. The van der Waals surface area contributed by atoms with Crippen molar-refractivity contribution in [1.82, 2.24) is 19.2 Å². The molecule has 0 unspecified atom stereocenters. The number of benzene rings is 1. The molecule has 0 spiro atoms. The summed E-state index contributed by atoms with van der Waals surface area (Å²) in [5, 5.41) is 19.2. The summed E-state index contributed by atoms with van der Waals surface area (Å²) in [6.45, 7) is 6.24. The molecule has 1 aliphatic heterocycles. The van der Waals surface area contributed by atoms with Crippen LogP contribution in [0.1, 0.15) is 31.9 Å². The van der Waals surface area contributed by atoms with Crippen molar-refractivity contribution in [3.63, 3.8) is 0 Å². The Balaban J connectivity index is 1.99. The number of sulfonamides is 1. The van der Waals surface area contributed by atoms with E-state index in [0.29, 0.717) is 18.7 Å². The number of likely N-dealkylation sites (N-methyl/N-ethyl adjacent to an activating group) is 1. The highest BCUT2D eigenvalue weighted by Crippen LogP contribution is 2.34. The molecule has 0 fully saturated rings. The number of ether oxygens (including phenoxy) is 1. The fourth-order valence-corrected chi connectivity index (χ4v) is 5.63. The summed E-state index contributed by atoms with van der Waals surface area (Å²) in [6.07, 6.45) is 3.85. The minimum atomic E-state index is -3.91. The lowest BCUT2D eigenvalue weighted by atomic mass is 10.0. The van der Waals surface area contributed by atoms with E-state index < -0.39 is 22.2 Å². The van der Waals surface area contributed by atoms with Crippen LogP contribution in [0.5, 0.6) is 5.75 Å². The topological polar surface area (TPSA) is 116 Å². The van der Waals surface area contributed by atoms with Crippen LogP contribution in [0.25, 0.3) is 0 Å². The van der Waals surface area contributed by atoms with Crippen molar-refractivity contribution in [2.75, 3.05) is 26.7 Å². The first-order valence-corrected chi connectivity index (χ1v) is 12.6. The average Bonchev–Trinajstić information content (AvgIpc) is 2.80. The van der Waals surface area contributed by atoms with Crippen molar-refractivity contribution in [2.45, 2.75) is 50.5 Å². The quantitative estimate of drug-likeness (QED) is 0.581. The Kier molecular flexibility index (Phi) is 8.62. The number of aliphatic hydroxyl groups excluding tert-OH is 2. The van der Waals surface area contributed by atoms with Gasteiger partial charge in [-0.25, -0.2) is 18.4 Å². The van der Waals surface area contributed by atoms with Gasteiger partial charge in [-0.15, -0.1) is 0 Å². The van der Waals surface area contributed by atoms with Crippen LogP contribution < -0.4 is 4.74 Å². The lowest BCUT2D eigenvalue weighted by molar-refractivity contribution is 0.0733. The van der Waals surface area contributed by atoms with Gasteiger partial charge >= 0.3 is 0 Å². The van der Waals surface area contributed by atoms with Gasteiger partial charge < -0.3 is 14.9 Å². The minimum Gasteiger partial charge on any atom is -0.487 e. The Morgan fingerprint density at radius 1 is 1.29 bits per heavy atom. The molecule has 34 heavy (non-hydrogen) atoms. The molecule has 10 heteroatoms. The highest BCUT2D eigenvalue weighted by molar-refractivity contribution is 7.89. The van der Waals surface area contributed by atoms with Crippen LogP contribution in [-0.4, -0.2) is 82.8 Å². The summed E-state index contributed by atoms with van der Waals surface area (Å²) in [5.41, 5.74) is 1.50. The fraction of sp³-hybridized carbons (Fsp3) is 0.500. The van der Waals surface area contributed by atoms with Gasteiger partial charge in [0.25, 0.3) is 0 Å². The minimum absolute atomic E-state index is 0.0337. The summed E-state index contributed by atoms with van der Waals surface area (Å²) < 4.78 is 34.7. The van der Waals surface area contributed by atoms with E-state index in [4.69, 9.17) is 4.74 Å². The van der Waals surface area contributed by atoms with Crippen LogP contribution in [-0.2, 0) is 16.6 Å². The molecule has 4 atom stereocenters. The Morgan fingerprint density at radius 2 is 2.00 bits per heavy atom. The van der Waals surface area contributed by atoms with E-state index in [1.807, 2.05) is 14.0 Å². The number of aliphatic hydroxyl groups is 2. The Labute approximate surface area is 201 Å². The smallest absolute Gasteiger partial charge is 0.247 e. The van der Waals surface area contributed by atoms with Crippen molar-refractivity contribution >= 4 is 10.0 Å². The van der Waals surface area contributed by atoms with Crippen LogP contribution in [0.3, 0.4) is 0 Å². The number of hydrogen-bond donors (Lipinski definition) is 2. The molecule has 0 saturated carbocycles. The van der Waals surface area contributed by atoms with Gasteiger partial charge in [-0.05, 0) is 39.1 Å². The zero-order valence-corrected chi connectivity index (χ0v) is 20.7. The molecule has 9 nitrogen and oxygen atoms in total. The number of nitrogens with zero attached hydrogens (tertiary/aromatic N) is 4. The molecule has 3 rings (SSSR count). The molecule has 2 aromatic rings. The van der Waals surface area contributed by atoms with Gasteiger partial charge in [0.15, 0.2) is 0 Å². The molecule has 0 saturated heterocycles. The standard InChI is InChI=1S/C24H32N4O5S/c1-17-12-28(18(2)15-29)34(31,32)24-8-7-20(6-5-19(3)30)9-22(24)33-23(17)14-27(4)13-21-10-25-16-26-11-21/h7-11,16-19,23,29-30H,12-15H2,1-4H3/t17-,18-,19-,23+/m0/s1. The van der Waals surface area contributed by atoms with Crippen LogP contribution >= 0.6 is 0 Å². The molecule has 0 bridgehead atoms. The first kappa shape index (κ1) is 26.1. The van der Waals surface area contributed by atoms with Crippen molar-refractivity contribution in [2.24, 2.45) is 5.92 Å². The molecule has 1 aromatic carbocycles. The first-order valence-electron chi connectivity index (χ1n) is 11.2. The van der Waals surface area contributed by atoms with Gasteiger partial charge in [-0.3, -0.25) is 4.90 Å². The largest absolute Gasteiger partial charge is 0.487 e. The summed E-state index contributed by atoms with van der Waals surface area (Å²) in [7, 11) is -1.96. The number of fused-ring (bicyclic) bond motifs is 1. The summed E-state index contributed by atoms with van der Waals surface area (Å²) >= 11 is 0. The maximum Gasteiger partial charge on any atom is 0.247 e. The van der Waals surface area contributed by atoms with Gasteiger partial charge in [-0.2, -0.15) is 4.31 Å². The molecule has 0 radical (unpaired) electrons. The summed E-state index contributed by atoms with van der Waals surface area (Å²) in [6, 6.07) is 4.08. The monoisotopic (exact) mass is 488 g/mol. The highest BCUT2D eigenvalue weighted by Gasteiger charge is 2.38. The van der Waals surface area contributed by atoms with Crippen LogP contribution in [0.15, 0.2) is 41.8 Å². The van der Waals surface area contributed by atoms with E-state index in [1.54, 1.807) is 38.4 Å².